The Kier molecular flexibility index (Phi) is 3.85. The SMILES string of the molecule is CC(C)(CO)CNc1c([N+](=O)[O-])cnc2ccccc12. The number of fused-ring (bicyclic) bond motifs is 1. The van der Waals surface area contributed by atoms with Gasteiger partial charge in [0.2, 0.25) is 0 Å². The zero-order chi connectivity index (χ0) is 14.8. The number of nitrogens with one attached hydrogen (secondary N) is 1. The van der Waals surface area contributed by atoms with Crippen molar-refractivity contribution in [2.75, 3.05) is 18.5 Å². The molecule has 1 aromatic carbocycles. The summed E-state index contributed by atoms with van der Waals surface area (Å²) in [5.74, 6) is 0. The predicted molar refractivity (Wildman–Crippen MR) is 77.8 cm³/mol. The lowest BCUT2D eigenvalue weighted by Gasteiger charge is -2.22. The molecule has 0 aliphatic carbocycles. The minimum Gasteiger partial charge on any atom is -0.396 e. The number of aliphatic hydroxyl groups excluding tert-OH is 1. The van der Waals surface area contributed by atoms with Gasteiger partial charge in [-0.2, -0.15) is 0 Å². The van der Waals surface area contributed by atoms with Crippen molar-refractivity contribution in [1.29, 1.82) is 0 Å². The van der Waals surface area contributed by atoms with Crippen molar-refractivity contribution in [3.63, 3.8) is 0 Å². The van der Waals surface area contributed by atoms with E-state index in [9.17, 15) is 15.2 Å². The van der Waals surface area contributed by atoms with Gasteiger partial charge >= 0.3 is 5.69 Å². The first-order chi connectivity index (χ1) is 9.44. The van der Waals surface area contributed by atoms with Crippen LogP contribution in [0.3, 0.4) is 0 Å². The van der Waals surface area contributed by atoms with Crippen molar-refractivity contribution < 1.29 is 10.0 Å². The largest absolute Gasteiger partial charge is 0.396 e. The van der Waals surface area contributed by atoms with Gasteiger partial charge in [-0.15, -0.1) is 0 Å². The molecule has 0 aliphatic rings. The first kappa shape index (κ1) is 14.2. The number of nitrogens with zero attached hydrogens (tertiary/aromatic N) is 2. The first-order valence-electron chi connectivity index (χ1n) is 6.31. The number of rotatable bonds is 5. The van der Waals surface area contributed by atoms with E-state index in [1.807, 2.05) is 26.0 Å². The topological polar surface area (TPSA) is 88.3 Å². The van der Waals surface area contributed by atoms with Crippen LogP contribution in [0.2, 0.25) is 0 Å². The number of nitro groups is 1. The maximum atomic E-state index is 11.1. The van der Waals surface area contributed by atoms with Crippen LogP contribution in [0.5, 0.6) is 0 Å². The molecule has 0 bridgehead atoms. The van der Waals surface area contributed by atoms with E-state index in [0.717, 1.165) is 0 Å². The minimum absolute atomic E-state index is 0.00316. The van der Waals surface area contributed by atoms with Crippen molar-refractivity contribution in [1.82, 2.24) is 4.98 Å². The number of benzene rings is 1. The second-order valence-corrected chi connectivity index (χ2v) is 5.47. The molecule has 0 saturated carbocycles. The van der Waals surface area contributed by atoms with Crippen LogP contribution >= 0.6 is 0 Å². The van der Waals surface area contributed by atoms with Crippen LogP contribution < -0.4 is 5.32 Å². The maximum absolute atomic E-state index is 11.1. The highest BCUT2D eigenvalue weighted by molar-refractivity contribution is 5.95. The molecule has 1 heterocycles. The molecule has 0 amide bonds. The maximum Gasteiger partial charge on any atom is 0.311 e. The summed E-state index contributed by atoms with van der Waals surface area (Å²) in [6.07, 6.45) is 1.26. The molecular weight excluding hydrogens is 258 g/mol. The van der Waals surface area contributed by atoms with Crippen LogP contribution in [-0.2, 0) is 0 Å². The van der Waals surface area contributed by atoms with Crippen LogP contribution in [0, 0.1) is 15.5 Å². The van der Waals surface area contributed by atoms with Crippen molar-refractivity contribution in [2.24, 2.45) is 5.41 Å². The van der Waals surface area contributed by atoms with Crippen molar-refractivity contribution in [3.05, 3.63) is 40.6 Å². The molecule has 0 radical (unpaired) electrons. The third-order valence-corrected chi connectivity index (χ3v) is 3.12. The highest BCUT2D eigenvalue weighted by Gasteiger charge is 2.21. The summed E-state index contributed by atoms with van der Waals surface area (Å²) in [5.41, 5.74) is 0.722. The van der Waals surface area contributed by atoms with Gasteiger partial charge in [-0.1, -0.05) is 32.0 Å². The van der Waals surface area contributed by atoms with Gasteiger partial charge in [0.25, 0.3) is 0 Å². The summed E-state index contributed by atoms with van der Waals surface area (Å²) in [6, 6.07) is 7.25. The molecule has 0 unspecified atom stereocenters. The summed E-state index contributed by atoms with van der Waals surface area (Å²) in [4.78, 5) is 14.8. The second-order valence-electron chi connectivity index (χ2n) is 5.47. The fourth-order valence-corrected chi connectivity index (χ4v) is 1.84. The molecule has 6 heteroatoms. The second kappa shape index (κ2) is 5.42. The predicted octanol–water partition coefficient (Wildman–Crippen LogP) is 2.57. The molecule has 20 heavy (non-hydrogen) atoms. The van der Waals surface area contributed by atoms with Gasteiger partial charge < -0.3 is 10.4 Å². The number of aromatic nitrogens is 1. The normalized spacial score (nSPS) is 11.6. The molecule has 106 valence electrons. The number of aliphatic hydroxyl groups is 1. The highest BCUT2D eigenvalue weighted by Crippen LogP contribution is 2.32. The van der Waals surface area contributed by atoms with Gasteiger partial charge in [-0.25, -0.2) is 4.98 Å². The Morgan fingerprint density at radius 1 is 1.40 bits per heavy atom. The summed E-state index contributed by atoms with van der Waals surface area (Å²) >= 11 is 0. The van der Waals surface area contributed by atoms with E-state index < -0.39 is 4.92 Å². The molecule has 2 aromatic rings. The fourth-order valence-electron chi connectivity index (χ4n) is 1.84. The summed E-state index contributed by atoms with van der Waals surface area (Å²) in [5, 5.41) is 24.2. The van der Waals surface area contributed by atoms with Crippen LogP contribution in [0.15, 0.2) is 30.5 Å². The highest BCUT2D eigenvalue weighted by atomic mass is 16.6. The molecule has 0 spiro atoms. The molecule has 2 rings (SSSR count). The quantitative estimate of drug-likeness (QED) is 0.646. The average Bonchev–Trinajstić information content (AvgIpc) is 2.44. The molecule has 0 atom stereocenters. The van der Waals surface area contributed by atoms with Gasteiger partial charge in [0.15, 0.2) is 0 Å². The number of para-hydroxylation sites is 1. The van der Waals surface area contributed by atoms with E-state index >= 15 is 0 Å². The van der Waals surface area contributed by atoms with E-state index in [1.54, 1.807) is 12.1 Å². The van der Waals surface area contributed by atoms with E-state index in [1.165, 1.54) is 6.20 Å². The van der Waals surface area contributed by atoms with Crippen LogP contribution in [0.1, 0.15) is 13.8 Å². The zero-order valence-electron chi connectivity index (χ0n) is 11.5. The number of hydrogen-bond donors (Lipinski definition) is 2. The van der Waals surface area contributed by atoms with Gasteiger partial charge in [0, 0.05) is 24.0 Å². The van der Waals surface area contributed by atoms with Gasteiger partial charge in [0.05, 0.1) is 10.4 Å². The lowest BCUT2D eigenvalue weighted by atomic mass is 9.95. The lowest BCUT2D eigenvalue weighted by molar-refractivity contribution is -0.384. The fraction of sp³-hybridized carbons (Fsp3) is 0.357. The molecule has 1 aromatic heterocycles. The van der Waals surface area contributed by atoms with Crippen molar-refractivity contribution in [3.8, 4) is 0 Å². The Hall–Kier alpha value is -2.21. The van der Waals surface area contributed by atoms with Crippen LogP contribution in [0.4, 0.5) is 11.4 Å². The minimum atomic E-state index is -0.451. The van der Waals surface area contributed by atoms with E-state index in [0.29, 0.717) is 23.1 Å². The Labute approximate surface area is 116 Å². The zero-order valence-corrected chi connectivity index (χ0v) is 11.5. The first-order valence-corrected chi connectivity index (χ1v) is 6.31. The van der Waals surface area contributed by atoms with Gasteiger partial charge in [-0.3, -0.25) is 10.1 Å². The van der Waals surface area contributed by atoms with E-state index in [2.05, 4.69) is 10.3 Å². The van der Waals surface area contributed by atoms with Crippen molar-refractivity contribution >= 4 is 22.3 Å². The lowest BCUT2D eigenvalue weighted by Crippen LogP contribution is -2.27. The summed E-state index contributed by atoms with van der Waals surface area (Å²) in [7, 11) is 0. The monoisotopic (exact) mass is 275 g/mol. The standard InChI is InChI=1S/C14H17N3O3/c1-14(2,9-18)8-16-13-10-5-3-4-6-11(10)15-7-12(13)17(19)20/h3-7,18H,8-9H2,1-2H3,(H,15,16). The molecule has 0 aliphatic heterocycles. The van der Waals surface area contributed by atoms with E-state index in [4.69, 9.17) is 0 Å². The molecule has 2 N–H and O–H groups in total. The Morgan fingerprint density at radius 3 is 2.75 bits per heavy atom. The van der Waals surface area contributed by atoms with Gasteiger partial charge in [-0.05, 0) is 6.07 Å². The molecular formula is C14H17N3O3. The van der Waals surface area contributed by atoms with E-state index in [-0.39, 0.29) is 17.7 Å². The third kappa shape index (κ3) is 2.85. The smallest absolute Gasteiger partial charge is 0.311 e. The number of pyridine rings is 1. The molecule has 0 fully saturated rings. The molecule has 6 nitrogen and oxygen atoms in total. The average molecular weight is 275 g/mol. The Morgan fingerprint density at radius 2 is 2.10 bits per heavy atom. The van der Waals surface area contributed by atoms with Crippen LogP contribution in [0.25, 0.3) is 10.9 Å². The van der Waals surface area contributed by atoms with Crippen LogP contribution in [-0.4, -0.2) is 28.2 Å². The Balaban J connectivity index is 2.47. The third-order valence-electron chi connectivity index (χ3n) is 3.12. The summed E-state index contributed by atoms with van der Waals surface area (Å²) in [6.45, 7) is 4.19. The number of anilines is 1. The van der Waals surface area contributed by atoms with Gasteiger partial charge in [0.1, 0.15) is 11.9 Å². The number of hydrogen-bond acceptors (Lipinski definition) is 5. The van der Waals surface area contributed by atoms with Crippen molar-refractivity contribution in [2.45, 2.75) is 13.8 Å². The summed E-state index contributed by atoms with van der Waals surface area (Å²) < 4.78 is 0. The Bertz CT molecular complexity index is 641. The molecule has 0 saturated heterocycles.